The first kappa shape index (κ1) is 19.1. The zero-order valence-electron chi connectivity index (χ0n) is 15.2. The molecule has 6 nitrogen and oxygen atoms in total. The number of guanidine groups is 1. The van der Waals surface area contributed by atoms with Crippen LogP contribution in [0.25, 0.3) is 0 Å². The van der Waals surface area contributed by atoms with Crippen molar-refractivity contribution in [1.29, 1.82) is 5.26 Å². The Hall–Kier alpha value is -2.26. The van der Waals surface area contributed by atoms with Crippen LogP contribution in [0.5, 0.6) is 0 Å². The Labute approximate surface area is 150 Å². The van der Waals surface area contributed by atoms with Crippen molar-refractivity contribution in [3.05, 3.63) is 29.8 Å². The van der Waals surface area contributed by atoms with Crippen LogP contribution in [0.1, 0.15) is 32.3 Å². The van der Waals surface area contributed by atoms with Crippen molar-refractivity contribution in [2.45, 2.75) is 32.7 Å². The number of benzene rings is 1. The van der Waals surface area contributed by atoms with E-state index in [1.807, 2.05) is 38.1 Å². The molecule has 1 aliphatic rings. The van der Waals surface area contributed by atoms with Gasteiger partial charge < -0.3 is 20.6 Å². The second kappa shape index (κ2) is 9.90. The van der Waals surface area contributed by atoms with Crippen LogP contribution in [0.2, 0.25) is 0 Å². The molecule has 6 heteroatoms. The quantitative estimate of drug-likeness (QED) is 0.541. The lowest BCUT2D eigenvalue weighted by Gasteiger charge is -2.35. The van der Waals surface area contributed by atoms with Gasteiger partial charge in [0.2, 0.25) is 0 Å². The van der Waals surface area contributed by atoms with E-state index in [0.717, 1.165) is 49.7 Å². The number of piperidine rings is 1. The van der Waals surface area contributed by atoms with Gasteiger partial charge in [-0.3, -0.25) is 4.99 Å². The lowest BCUT2D eigenvalue weighted by atomic mass is 10.0. The highest BCUT2D eigenvalue weighted by Crippen LogP contribution is 2.23. The fourth-order valence-electron chi connectivity index (χ4n) is 2.98. The third-order valence-corrected chi connectivity index (χ3v) is 4.34. The zero-order chi connectivity index (χ0) is 18.1. The number of anilines is 1. The summed E-state index contributed by atoms with van der Waals surface area (Å²) in [6, 6.07) is 10.3. The molecule has 0 radical (unpaired) electrons. The molecule has 0 aromatic heterocycles. The highest BCUT2D eigenvalue weighted by Gasteiger charge is 2.22. The van der Waals surface area contributed by atoms with Crippen LogP contribution in [0.3, 0.4) is 0 Å². The Morgan fingerprint density at radius 3 is 3.00 bits per heavy atom. The van der Waals surface area contributed by atoms with Crippen molar-refractivity contribution < 1.29 is 5.11 Å². The Morgan fingerprint density at radius 2 is 2.28 bits per heavy atom. The summed E-state index contributed by atoms with van der Waals surface area (Å²) in [5, 5.41) is 25.3. The van der Waals surface area contributed by atoms with Gasteiger partial charge in [0.1, 0.15) is 6.07 Å². The maximum atomic E-state index is 9.33. The molecule has 136 valence electrons. The molecule has 1 heterocycles. The Balaban J connectivity index is 2.03. The Kier molecular flexibility index (Phi) is 7.55. The molecule has 0 spiro atoms. The fraction of sp³-hybridized carbons (Fsp3) is 0.579. The van der Waals surface area contributed by atoms with Crippen LogP contribution in [-0.4, -0.2) is 49.9 Å². The van der Waals surface area contributed by atoms with Gasteiger partial charge in [0, 0.05) is 38.8 Å². The number of nitriles is 1. The van der Waals surface area contributed by atoms with Gasteiger partial charge in [0.05, 0.1) is 11.3 Å². The van der Waals surface area contributed by atoms with E-state index in [0.29, 0.717) is 6.54 Å². The SMILES string of the molecule is CCNC(=NCC(C)CO)NC1CCCN(c2ccccc2C#N)C1. The first-order chi connectivity index (χ1) is 12.2. The second-order valence-corrected chi connectivity index (χ2v) is 6.57. The first-order valence-electron chi connectivity index (χ1n) is 9.07. The molecule has 1 aromatic carbocycles. The number of hydrogen-bond donors (Lipinski definition) is 3. The van der Waals surface area contributed by atoms with Crippen molar-refractivity contribution in [2.75, 3.05) is 37.7 Å². The number of nitrogens with one attached hydrogen (secondary N) is 2. The normalized spacial score (nSPS) is 19.2. The molecule has 0 saturated carbocycles. The molecule has 3 N–H and O–H groups in total. The average Bonchev–Trinajstić information content (AvgIpc) is 2.66. The van der Waals surface area contributed by atoms with Crippen molar-refractivity contribution >= 4 is 11.6 Å². The summed E-state index contributed by atoms with van der Waals surface area (Å²) < 4.78 is 0. The molecule has 1 aliphatic heterocycles. The molecule has 2 atom stereocenters. The zero-order valence-corrected chi connectivity index (χ0v) is 15.2. The fourth-order valence-corrected chi connectivity index (χ4v) is 2.98. The van der Waals surface area contributed by atoms with Gasteiger partial charge in [-0.15, -0.1) is 0 Å². The Bertz CT molecular complexity index is 610. The van der Waals surface area contributed by atoms with Gasteiger partial charge >= 0.3 is 0 Å². The van der Waals surface area contributed by atoms with Crippen LogP contribution >= 0.6 is 0 Å². The maximum absolute atomic E-state index is 9.33. The largest absolute Gasteiger partial charge is 0.396 e. The van der Waals surface area contributed by atoms with Gasteiger partial charge in [0.25, 0.3) is 0 Å². The molecule has 0 bridgehead atoms. The molecule has 0 amide bonds. The van der Waals surface area contributed by atoms with Gasteiger partial charge in [0.15, 0.2) is 5.96 Å². The van der Waals surface area contributed by atoms with Crippen molar-refractivity contribution in [3.8, 4) is 6.07 Å². The van der Waals surface area contributed by atoms with E-state index in [9.17, 15) is 5.26 Å². The van der Waals surface area contributed by atoms with Crippen molar-refractivity contribution in [3.63, 3.8) is 0 Å². The van der Waals surface area contributed by atoms with E-state index >= 15 is 0 Å². The molecule has 1 saturated heterocycles. The Morgan fingerprint density at radius 1 is 1.48 bits per heavy atom. The molecule has 25 heavy (non-hydrogen) atoms. The number of rotatable bonds is 6. The lowest BCUT2D eigenvalue weighted by Crippen LogP contribution is -2.51. The minimum Gasteiger partial charge on any atom is -0.396 e. The van der Waals surface area contributed by atoms with Gasteiger partial charge in [-0.2, -0.15) is 5.26 Å². The predicted molar refractivity (Wildman–Crippen MR) is 102 cm³/mol. The molecule has 2 unspecified atom stereocenters. The van der Waals surface area contributed by atoms with Gasteiger partial charge in [-0.05, 0) is 37.8 Å². The minimum absolute atomic E-state index is 0.144. The summed E-state index contributed by atoms with van der Waals surface area (Å²) >= 11 is 0. The summed E-state index contributed by atoms with van der Waals surface area (Å²) in [6.07, 6.45) is 2.15. The number of aliphatic hydroxyl groups excluding tert-OH is 1. The molecule has 2 rings (SSSR count). The highest BCUT2D eigenvalue weighted by atomic mass is 16.3. The summed E-state index contributed by atoms with van der Waals surface area (Å²) in [6.45, 7) is 7.37. The van der Waals surface area contributed by atoms with Crippen molar-refractivity contribution in [1.82, 2.24) is 10.6 Å². The number of hydrogen-bond acceptors (Lipinski definition) is 4. The highest BCUT2D eigenvalue weighted by molar-refractivity contribution is 5.80. The summed E-state index contributed by atoms with van der Waals surface area (Å²) in [7, 11) is 0. The molecule has 1 aromatic rings. The van der Waals surface area contributed by atoms with E-state index in [-0.39, 0.29) is 18.6 Å². The predicted octanol–water partition coefficient (Wildman–Crippen LogP) is 1.71. The van der Waals surface area contributed by atoms with Crippen LogP contribution in [0.15, 0.2) is 29.3 Å². The van der Waals surface area contributed by atoms with Crippen LogP contribution in [0.4, 0.5) is 5.69 Å². The summed E-state index contributed by atoms with van der Waals surface area (Å²) in [4.78, 5) is 6.85. The van der Waals surface area contributed by atoms with Crippen molar-refractivity contribution in [2.24, 2.45) is 10.9 Å². The molecular formula is C19H29N5O. The topological polar surface area (TPSA) is 83.7 Å². The minimum atomic E-state index is 0.144. The number of aliphatic hydroxyl groups is 1. The smallest absolute Gasteiger partial charge is 0.191 e. The number of nitrogens with zero attached hydrogens (tertiary/aromatic N) is 3. The third kappa shape index (κ3) is 5.64. The third-order valence-electron chi connectivity index (χ3n) is 4.34. The van der Waals surface area contributed by atoms with E-state index in [1.54, 1.807) is 0 Å². The van der Waals surface area contributed by atoms with Crippen LogP contribution in [-0.2, 0) is 0 Å². The number of aliphatic imine (C=N–C) groups is 1. The summed E-state index contributed by atoms with van der Waals surface area (Å²) in [5.74, 6) is 0.948. The standard InChI is InChI=1S/C19H29N5O/c1-3-21-19(22-12-15(2)14-25)23-17-8-6-10-24(13-17)18-9-5-4-7-16(18)11-20/h4-5,7,9,15,17,25H,3,6,8,10,12-14H2,1-2H3,(H2,21,22,23). The molecule has 0 aliphatic carbocycles. The first-order valence-corrected chi connectivity index (χ1v) is 9.07. The van der Waals surface area contributed by atoms with Gasteiger partial charge in [-0.25, -0.2) is 0 Å². The van der Waals surface area contributed by atoms with Crippen LogP contribution in [0, 0.1) is 17.2 Å². The summed E-state index contributed by atoms with van der Waals surface area (Å²) in [5.41, 5.74) is 1.73. The lowest BCUT2D eigenvalue weighted by molar-refractivity contribution is 0.241. The average molecular weight is 343 g/mol. The van der Waals surface area contributed by atoms with E-state index < -0.39 is 0 Å². The van der Waals surface area contributed by atoms with E-state index in [1.165, 1.54) is 0 Å². The number of para-hydroxylation sites is 1. The van der Waals surface area contributed by atoms with E-state index in [2.05, 4.69) is 26.6 Å². The monoisotopic (exact) mass is 343 g/mol. The molecule has 1 fully saturated rings. The molecular weight excluding hydrogens is 314 g/mol. The maximum Gasteiger partial charge on any atom is 0.191 e. The van der Waals surface area contributed by atoms with Gasteiger partial charge in [-0.1, -0.05) is 19.1 Å². The second-order valence-electron chi connectivity index (χ2n) is 6.57. The van der Waals surface area contributed by atoms with Crippen LogP contribution < -0.4 is 15.5 Å². The van der Waals surface area contributed by atoms with E-state index in [4.69, 9.17) is 5.11 Å².